The lowest BCUT2D eigenvalue weighted by atomic mass is 9.95. The Kier molecular flexibility index (Phi) is 6.17. The van der Waals surface area contributed by atoms with Crippen LogP contribution >= 0.6 is 11.3 Å². The maximum absolute atomic E-state index is 13.2. The Balaban J connectivity index is 1.61. The smallest absolute Gasteiger partial charge is 0.242 e. The van der Waals surface area contributed by atoms with Gasteiger partial charge in [0, 0.05) is 6.04 Å². The SMILES string of the molecule is Cc1nc2ccc(S(=O)(=O)NC(C(=O)NC3CCCCC3)c3ccccc3)cc2s1. The van der Waals surface area contributed by atoms with E-state index in [0.29, 0.717) is 5.56 Å². The highest BCUT2D eigenvalue weighted by Gasteiger charge is 2.29. The molecule has 1 heterocycles. The van der Waals surface area contributed by atoms with Gasteiger partial charge in [-0.05, 0) is 43.5 Å². The van der Waals surface area contributed by atoms with Gasteiger partial charge in [0.1, 0.15) is 6.04 Å². The van der Waals surface area contributed by atoms with Crippen molar-refractivity contribution in [3.63, 3.8) is 0 Å². The Hall–Kier alpha value is -2.29. The molecule has 1 aliphatic rings. The maximum Gasteiger partial charge on any atom is 0.242 e. The quantitative estimate of drug-likeness (QED) is 0.601. The van der Waals surface area contributed by atoms with Gasteiger partial charge >= 0.3 is 0 Å². The third kappa shape index (κ3) is 4.71. The molecule has 0 saturated heterocycles. The summed E-state index contributed by atoms with van der Waals surface area (Å²) in [6, 6.07) is 12.9. The van der Waals surface area contributed by atoms with Crippen molar-refractivity contribution in [2.45, 2.75) is 56.0 Å². The molecule has 1 aromatic heterocycles. The van der Waals surface area contributed by atoms with Crippen molar-refractivity contribution in [1.82, 2.24) is 15.0 Å². The molecule has 1 saturated carbocycles. The predicted molar refractivity (Wildman–Crippen MR) is 119 cm³/mol. The number of amides is 1. The van der Waals surface area contributed by atoms with Crippen LogP contribution in [0.1, 0.15) is 48.7 Å². The first-order chi connectivity index (χ1) is 14.4. The third-order valence-corrected chi connectivity index (χ3v) is 7.75. The molecule has 6 nitrogen and oxygen atoms in total. The van der Waals surface area contributed by atoms with E-state index in [0.717, 1.165) is 40.9 Å². The molecular formula is C22H25N3O3S2. The summed E-state index contributed by atoms with van der Waals surface area (Å²) >= 11 is 1.44. The average molecular weight is 444 g/mol. The Morgan fingerprint density at radius 2 is 1.83 bits per heavy atom. The van der Waals surface area contributed by atoms with Crippen molar-refractivity contribution in [2.75, 3.05) is 0 Å². The van der Waals surface area contributed by atoms with E-state index in [1.165, 1.54) is 23.8 Å². The summed E-state index contributed by atoms with van der Waals surface area (Å²) in [6.07, 6.45) is 5.21. The number of nitrogens with zero attached hydrogens (tertiary/aromatic N) is 1. The summed E-state index contributed by atoms with van der Waals surface area (Å²) in [5, 5.41) is 3.93. The van der Waals surface area contributed by atoms with Crippen LogP contribution in [-0.4, -0.2) is 25.4 Å². The van der Waals surface area contributed by atoms with Crippen molar-refractivity contribution in [3.05, 3.63) is 59.1 Å². The van der Waals surface area contributed by atoms with Gasteiger partial charge < -0.3 is 5.32 Å². The van der Waals surface area contributed by atoms with Crippen LogP contribution in [0.25, 0.3) is 10.2 Å². The molecule has 2 N–H and O–H groups in total. The first-order valence-electron chi connectivity index (χ1n) is 10.2. The van der Waals surface area contributed by atoms with Crippen molar-refractivity contribution >= 4 is 37.5 Å². The number of hydrogen-bond donors (Lipinski definition) is 2. The summed E-state index contributed by atoms with van der Waals surface area (Å²) in [4.78, 5) is 17.6. The van der Waals surface area contributed by atoms with E-state index in [1.807, 2.05) is 13.0 Å². The molecule has 1 atom stereocenters. The van der Waals surface area contributed by atoms with E-state index in [2.05, 4.69) is 15.0 Å². The summed E-state index contributed by atoms with van der Waals surface area (Å²) in [5.41, 5.74) is 1.38. The minimum absolute atomic E-state index is 0.0958. The lowest BCUT2D eigenvalue weighted by Gasteiger charge is -2.26. The second-order valence-electron chi connectivity index (χ2n) is 7.67. The molecule has 3 aromatic rings. The molecule has 0 bridgehead atoms. The second kappa shape index (κ2) is 8.83. The van der Waals surface area contributed by atoms with Crippen molar-refractivity contribution < 1.29 is 13.2 Å². The fourth-order valence-electron chi connectivity index (χ4n) is 3.86. The van der Waals surface area contributed by atoms with Crippen LogP contribution in [0.4, 0.5) is 0 Å². The number of carbonyl (C=O) groups excluding carboxylic acids is 1. The van der Waals surface area contributed by atoms with E-state index in [4.69, 9.17) is 0 Å². The minimum Gasteiger partial charge on any atom is -0.352 e. The van der Waals surface area contributed by atoms with Crippen LogP contribution in [0.3, 0.4) is 0 Å². The van der Waals surface area contributed by atoms with Gasteiger partial charge in [-0.15, -0.1) is 11.3 Å². The number of carbonyl (C=O) groups is 1. The van der Waals surface area contributed by atoms with Crippen molar-refractivity contribution in [1.29, 1.82) is 0 Å². The van der Waals surface area contributed by atoms with Crippen molar-refractivity contribution in [3.8, 4) is 0 Å². The predicted octanol–water partition coefficient (Wildman–Crippen LogP) is 4.07. The van der Waals surface area contributed by atoms with E-state index in [1.54, 1.807) is 36.4 Å². The van der Waals surface area contributed by atoms with E-state index < -0.39 is 16.1 Å². The largest absolute Gasteiger partial charge is 0.352 e. The van der Waals surface area contributed by atoms with Gasteiger partial charge in [0.2, 0.25) is 15.9 Å². The first-order valence-corrected chi connectivity index (χ1v) is 12.5. The second-order valence-corrected chi connectivity index (χ2v) is 10.6. The number of sulfonamides is 1. The number of nitrogens with one attached hydrogen (secondary N) is 2. The highest BCUT2D eigenvalue weighted by molar-refractivity contribution is 7.89. The number of thiazole rings is 1. The zero-order valence-electron chi connectivity index (χ0n) is 16.8. The zero-order valence-corrected chi connectivity index (χ0v) is 18.4. The number of aromatic nitrogens is 1. The van der Waals surface area contributed by atoms with Gasteiger partial charge in [0.05, 0.1) is 20.1 Å². The molecular weight excluding hydrogens is 418 g/mol. The van der Waals surface area contributed by atoms with Gasteiger partial charge in [0.15, 0.2) is 0 Å². The summed E-state index contributed by atoms with van der Waals surface area (Å²) in [5.74, 6) is -0.314. The molecule has 2 aromatic carbocycles. The molecule has 158 valence electrons. The summed E-state index contributed by atoms with van der Waals surface area (Å²) < 4.78 is 29.7. The standard InChI is InChI=1S/C22H25N3O3S2/c1-15-23-19-13-12-18(14-20(19)29-15)30(27,28)25-21(16-8-4-2-5-9-16)22(26)24-17-10-6-3-7-11-17/h2,4-5,8-9,12-14,17,21,25H,3,6-7,10-11H2,1H3,(H,24,26). The highest BCUT2D eigenvalue weighted by atomic mass is 32.2. The molecule has 8 heteroatoms. The number of benzene rings is 2. The Labute approximate surface area is 180 Å². The van der Waals surface area contributed by atoms with Crippen LogP contribution in [-0.2, 0) is 14.8 Å². The maximum atomic E-state index is 13.2. The summed E-state index contributed by atoms with van der Waals surface area (Å²) in [7, 11) is -3.91. The monoisotopic (exact) mass is 443 g/mol. The van der Waals surface area contributed by atoms with E-state index in [9.17, 15) is 13.2 Å². The molecule has 1 aliphatic carbocycles. The molecule has 30 heavy (non-hydrogen) atoms. The first kappa shape index (κ1) is 21.0. The number of hydrogen-bond acceptors (Lipinski definition) is 5. The lowest BCUT2D eigenvalue weighted by molar-refractivity contribution is -0.123. The summed E-state index contributed by atoms with van der Waals surface area (Å²) in [6.45, 7) is 1.89. The van der Waals surface area contributed by atoms with Gasteiger partial charge in [-0.2, -0.15) is 4.72 Å². The number of aryl methyl sites for hydroxylation is 1. The topological polar surface area (TPSA) is 88.2 Å². The third-order valence-electron chi connectivity index (χ3n) is 5.40. The Morgan fingerprint density at radius 1 is 1.10 bits per heavy atom. The molecule has 0 radical (unpaired) electrons. The Bertz CT molecular complexity index is 1140. The highest BCUT2D eigenvalue weighted by Crippen LogP contribution is 2.26. The molecule has 1 fully saturated rings. The lowest BCUT2D eigenvalue weighted by Crippen LogP contribution is -2.44. The number of rotatable bonds is 6. The van der Waals surface area contributed by atoms with Crippen LogP contribution < -0.4 is 10.0 Å². The molecule has 4 rings (SSSR count). The Morgan fingerprint density at radius 3 is 2.57 bits per heavy atom. The number of fused-ring (bicyclic) bond motifs is 1. The minimum atomic E-state index is -3.91. The average Bonchev–Trinajstić information content (AvgIpc) is 3.12. The van der Waals surface area contributed by atoms with Crippen LogP contribution in [0, 0.1) is 6.92 Å². The van der Waals surface area contributed by atoms with Gasteiger partial charge in [0.25, 0.3) is 0 Å². The van der Waals surface area contributed by atoms with Gasteiger partial charge in [-0.3, -0.25) is 4.79 Å². The van der Waals surface area contributed by atoms with Gasteiger partial charge in [-0.1, -0.05) is 49.6 Å². The molecule has 0 aliphatic heterocycles. The molecule has 1 unspecified atom stereocenters. The van der Waals surface area contributed by atoms with Crippen LogP contribution in [0.5, 0.6) is 0 Å². The fourth-order valence-corrected chi connectivity index (χ4v) is 6.01. The van der Waals surface area contributed by atoms with Crippen LogP contribution in [0.15, 0.2) is 53.4 Å². The zero-order chi connectivity index (χ0) is 21.1. The molecule has 0 spiro atoms. The van der Waals surface area contributed by atoms with E-state index >= 15 is 0 Å². The molecule has 1 amide bonds. The van der Waals surface area contributed by atoms with Gasteiger partial charge in [-0.25, -0.2) is 13.4 Å². The van der Waals surface area contributed by atoms with Crippen molar-refractivity contribution in [2.24, 2.45) is 0 Å². The van der Waals surface area contributed by atoms with E-state index in [-0.39, 0.29) is 16.8 Å². The normalized spacial score (nSPS) is 16.4. The fraction of sp³-hybridized carbons (Fsp3) is 0.364. The van der Waals surface area contributed by atoms with Crippen LogP contribution in [0.2, 0.25) is 0 Å².